The maximum absolute atomic E-state index is 5.87. The Morgan fingerprint density at radius 3 is 2.53 bits per heavy atom. The molecule has 0 radical (unpaired) electrons. The highest BCUT2D eigenvalue weighted by Gasteiger charge is 2.33. The Balaban J connectivity index is 0.00000274. The van der Waals surface area contributed by atoms with Crippen molar-refractivity contribution in [3.8, 4) is 5.75 Å². The van der Waals surface area contributed by atoms with Crippen molar-refractivity contribution >= 4 is 12.4 Å². The van der Waals surface area contributed by atoms with Crippen molar-refractivity contribution in [2.75, 3.05) is 39.9 Å². The predicted molar refractivity (Wildman–Crippen MR) is 132 cm³/mol. The van der Waals surface area contributed by atoms with Gasteiger partial charge in [-0.15, -0.1) is 17.5 Å². The first-order valence-corrected chi connectivity index (χ1v) is 11.8. The van der Waals surface area contributed by atoms with E-state index in [-0.39, 0.29) is 24.6 Å². The molecule has 2 aliphatic rings. The third kappa shape index (κ3) is 5.58. The predicted octanol–water partition coefficient (Wildman–Crippen LogP) is 3.19. The second kappa shape index (κ2) is 11.8. The summed E-state index contributed by atoms with van der Waals surface area (Å²) in [5.74, 6) is 1.72. The first-order chi connectivity index (χ1) is 16.3. The molecule has 0 spiro atoms. The van der Waals surface area contributed by atoms with E-state index in [0.717, 1.165) is 69.3 Å². The number of hydrogen-bond acceptors (Lipinski definition) is 7. The van der Waals surface area contributed by atoms with Crippen LogP contribution in [0.15, 0.2) is 54.6 Å². The Morgan fingerprint density at radius 1 is 1.03 bits per heavy atom. The van der Waals surface area contributed by atoms with Crippen LogP contribution in [-0.2, 0) is 17.8 Å². The number of benzene rings is 2. The number of ether oxygens (including phenoxy) is 2. The number of hydrogen-bond donors (Lipinski definition) is 0. The molecular formula is C25H33ClN6O2. The molecule has 3 heterocycles. The van der Waals surface area contributed by atoms with Crippen LogP contribution in [0, 0.1) is 0 Å². The minimum Gasteiger partial charge on any atom is -0.496 e. The lowest BCUT2D eigenvalue weighted by molar-refractivity contribution is 0.0838. The smallest absolute Gasteiger partial charge is 0.173 e. The molecule has 3 aromatic rings. The third-order valence-corrected chi connectivity index (χ3v) is 6.66. The fourth-order valence-corrected chi connectivity index (χ4v) is 4.93. The summed E-state index contributed by atoms with van der Waals surface area (Å²) in [6.45, 7) is 6.33. The van der Waals surface area contributed by atoms with Crippen molar-refractivity contribution in [3.05, 3.63) is 71.5 Å². The van der Waals surface area contributed by atoms with Crippen molar-refractivity contribution in [1.82, 2.24) is 30.0 Å². The number of para-hydroxylation sites is 1. The number of halogens is 1. The molecular weight excluding hydrogens is 452 g/mol. The van der Waals surface area contributed by atoms with Gasteiger partial charge in [0.2, 0.25) is 0 Å². The summed E-state index contributed by atoms with van der Waals surface area (Å²) >= 11 is 0. The maximum Gasteiger partial charge on any atom is 0.173 e. The summed E-state index contributed by atoms with van der Waals surface area (Å²) in [7, 11) is 1.73. The Hall–Kier alpha value is -2.52. The van der Waals surface area contributed by atoms with E-state index in [0.29, 0.717) is 6.54 Å². The number of rotatable bonds is 8. The summed E-state index contributed by atoms with van der Waals surface area (Å²) < 4.78 is 13.5. The molecule has 2 fully saturated rings. The average Bonchev–Trinajstić information content (AvgIpc) is 3.54. The maximum atomic E-state index is 5.87. The molecule has 0 bridgehead atoms. The first kappa shape index (κ1) is 24.6. The van der Waals surface area contributed by atoms with Gasteiger partial charge in [0.05, 0.1) is 19.8 Å². The van der Waals surface area contributed by atoms with Crippen molar-refractivity contribution in [3.63, 3.8) is 0 Å². The molecule has 2 unspecified atom stereocenters. The largest absolute Gasteiger partial charge is 0.496 e. The fourth-order valence-electron chi connectivity index (χ4n) is 4.93. The molecule has 0 N–H and O–H groups in total. The second-order valence-corrected chi connectivity index (χ2v) is 8.80. The zero-order valence-corrected chi connectivity index (χ0v) is 20.4. The van der Waals surface area contributed by atoms with Gasteiger partial charge >= 0.3 is 0 Å². The number of aromatic nitrogens is 4. The van der Waals surface area contributed by atoms with Crippen molar-refractivity contribution in [2.24, 2.45) is 0 Å². The van der Waals surface area contributed by atoms with E-state index in [1.54, 1.807) is 7.11 Å². The molecule has 0 amide bonds. The van der Waals surface area contributed by atoms with E-state index in [1.807, 2.05) is 16.8 Å². The van der Waals surface area contributed by atoms with Gasteiger partial charge in [0.15, 0.2) is 5.82 Å². The highest BCUT2D eigenvalue weighted by Crippen LogP contribution is 2.34. The van der Waals surface area contributed by atoms with E-state index >= 15 is 0 Å². The van der Waals surface area contributed by atoms with Gasteiger partial charge in [0.25, 0.3) is 0 Å². The van der Waals surface area contributed by atoms with Crippen LogP contribution < -0.4 is 4.74 Å². The van der Waals surface area contributed by atoms with Crippen molar-refractivity contribution in [1.29, 1.82) is 0 Å². The van der Waals surface area contributed by atoms with E-state index in [1.165, 1.54) is 5.56 Å². The van der Waals surface area contributed by atoms with Crippen LogP contribution in [0.25, 0.3) is 0 Å². The first-order valence-electron chi connectivity index (χ1n) is 11.8. The van der Waals surface area contributed by atoms with Gasteiger partial charge in [0, 0.05) is 44.9 Å². The normalized spacial score (nSPS) is 20.1. The molecule has 182 valence electrons. The third-order valence-electron chi connectivity index (χ3n) is 6.66. The SMILES string of the molecule is COc1ccccc1C(c1nnnn1CC1CCCO1)N1CCN(Cc2ccccc2)CC1.Cl. The molecule has 2 atom stereocenters. The minimum absolute atomic E-state index is 0. The Labute approximate surface area is 207 Å². The van der Waals surface area contributed by atoms with Crippen LogP contribution in [-0.4, -0.2) is 76.0 Å². The van der Waals surface area contributed by atoms with Crippen LogP contribution in [0.1, 0.15) is 35.8 Å². The van der Waals surface area contributed by atoms with Gasteiger partial charge in [-0.2, -0.15) is 0 Å². The van der Waals surface area contributed by atoms with Crippen molar-refractivity contribution < 1.29 is 9.47 Å². The fraction of sp³-hybridized carbons (Fsp3) is 0.480. The topological polar surface area (TPSA) is 68.5 Å². The molecule has 5 rings (SSSR count). The molecule has 34 heavy (non-hydrogen) atoms. The van der Waals surface area contributed by atoms with Crippen LogP contribution in [0.5, 0.6) is 5.75 Å². The number of methoxy groups -OCH3 is 1. The van der Waals surface area contributed by atoms with Gasteiger partial charge in [0.1, 0.15) is 11.8 Å². The number of nitrogens with zero attached hydrogens (tertiary/aromatic N) is 6. The highest BCUT2D eigenvalue weighted by molar-refractivity contribution is 5.85. The summed E-state index contributed by atoms with van der Waals surface area (Å²) in [5.41, 5.74) is 2.45. The van der Waals surface area contributed by atoms with Crippen LogP contribution in [0.3, 0.4) is 0 Å². The zero-order chi connectivity index (χ0) is 22.5. The second-order valence-electron chi connectivity index (χ2n) is 8.80. The molecule has 1 aromatic heterocycles. The Kier molecular flexibility index (Phi) is 8.50. The standard InChI is InChI=1S/C25H32N6O2.ClH/c1-32-23-12-6-5-11-22(23)24(25-26-27-28-31(25)19-21-10-7-17-33-21)30-15-13-29(14-16-30)18-20-8-3-2-4-9-20;/h2-6,8-9,11-12,21,24H,7,10,13-19H2,1H3;1H. The summed E-state index contributed by atoms with van der Waals surface area (Å²) in [6.07, 6.45) is 2.33. The summed E-state index contributed by atoms with van der Waals surface area (Å²) in [4.78, 5) is 5.00. The molecule has 2 aromatic carbocycles. The molecule has 0 saturated carbocycles. The summed E-state index contributed by atoms with van der Waals surface area (Å²) in [5, 5.41) is 12.9. The van der Waals surface area contributed by atoms with E-state index in [2.05, 4.69) is 67.8 Å². The van der Waals surface area contributed by atoms with Crippen LogP contribution in [0.4, 0.5) is 0 Å². The Morgan fingerprint density at radius 2 is 1.79 bits per heavy atom. The molecule has 0 aliphatic carbocycles. The van der Waals surface area contributed by atoms with E-state index in [4.69, 9.17) is 9.47 Å². The zero-order valence-electron chi connectivity index (χ0n) is 19.6. The minimum atomic E-state index is -0.0728. The van der Waals surface area contributed by atoms with Crippen molar-refractivity contribution in [2.45, 2.75) is 38.1 Å². The Bertz CT molecular complexity index is 1020. The number of tetrazole rings is 1. The van der Waals surface area contributed by atoms with Gasteiger partial charge in [-0.25, -0.2) is 4.68 Å². The molecule has 2 aliphatic heterocycles. The van der Waals surface area contributed by atoms with E-state index < -0.39 is 0 Å². The van der Waals surface area contributed by atoms with Crippen LogP contribution in [0.2, 0.25) is 0 Å². The lowest BCUT2D eigenvalue weighted by atomic mass is 10.0. The van der Waals surface area contributed by atoms with Gasteiger partial charge in [-0.05, 0) is 34.9 Å². The average molecular weight is 485 g/mol. The lowest BCUT2D eigenvalue weighted by Gasteiger charge is -2.39. The number of piperazine rings is 1. The molecule has 2 saturated heterocycles. The lowest BCUT2D eigenvalue weighted by Crippen LogP contribution is -2.48. The van der Waals surface area contributed by atoms with Gasteiger partial charge < -0.3 is 9.47 Å². The van der Waals surface area contributed by atoms with Crippen LogP contribution >= 0.6 is 12.4 Å². The van der Waals surface area contributed by atoms with Gasteiger partial charge in [-0.3, -0.25) is 9.80 Å². The summed E-state index contributed by atoms with van der Waals surface area (Å²) in [6, 6.07) is 18.8. The molecule has 9 heteroatoms. The van der Waals surface area contributed by atoms with E-state index in [9.17, 15) is 0 Å². The van der Waals surface area contributed by atoms with Gasteiger partial charge in [-0.1, -0.05) is 48.5 Å². The quantitative estimate of drug-likeness (QED) is 0.486. The molecule has 8 nitrogen and oxygen atoms in total. The highest BCUT2D eigenvalue weighted by atomic mass is 35.5. The monoisotopic (exact) mass is 484 g/mol.